The second-order valence-corrected chi connectivity index (χ2v) is 5.48. The molecule has 0 aliphatic rings. The number of nitrogens with one attached hydrogen (secondary N) is 1. The number of hydrogen-bond donors (Lipinski definition) is 1. The molecule has 1 heterocycles. The fourth-order valence-corrected chi connectivity index (χ4v) is 2.64. The quantitative estimate of drug-likeness (QED) is 0.805. The second-order valence-electron chi connectivity index (χ2n) is 3.73. The van der Waals surface area contributed by atoms with Crippen molar-refractivity contribution < 1.29 is 0 Å². The van der Waals surface area contributed by atoms with Gasteiger partial charge in [0.2, 0.25) is 0 Å². The van der Waals surface area contributed by atoms with E-state index in [1.54, 1.807) is 11.3 Å². The van der Waals surface area contributed by atoms with Gasteiger partial charge in [-0.15, -0.1) is 11.3 Å². The molecule has 14 heavy (non-hydrogen) atoms. The lowest BCUT2D eigenvalue weighted by molar-refractivity contribution is 0.426. The summed E-state index contributed by atoms with van der Waals surface area (Å²) in [4.78, 5) is 1.35. The summed E-state index contributed by atoms with van der Waals surface area (Å²) in [5, 5.41) is 3.35. The smallest absolute Gasteiger partial charge is 0.0931 e. The fourth-order valence-electron chi connectivity index (χ4n) is 1.46. The maximum Gasteiger partial charge on any atom is 0.0931 e. The maximum atomic E-state index is 5.92. The summed E-state index contributed by atoms with van der Waals surface area (Å²) in [5.74, 6) is 0.758. The van der Waals surface area contributed by atoms with Crippen molar-refractivity contribution in [3.8, 4) is 0 Å². The second kappa shape index (κ2) is 5.74. The lowest BCUT2D eigenvalue weighted by atomic mass is 9.98. The molecule has 0 bridgehead atoms. The first kappa shape index (κ1) is 12.0. The third kappa shape index (κ3) is 3.26. The molecular weight excluding hydrogens is 214 g/mol. The average Bonchev–Trinajstić information content (AvgIpc) is 2.60. The van der Waals surface area contributed by atoms with Gasteiger partial charge in [-0.1, -0.05) is 31.9 Å². The molecule has 1 nitrogen and oxygen atoms in total. The first-order valence-electron chi connectivity index (χ1n) is 5.09. The van der Waals surface area contributed by atoms with Crippen molar-refractivity contribution in [3.05, 3.63) is 21.3 Å². The molecule has 2 atom stereocenters. The maximum absolute atomic E-state index is 5.92. The Morgan fingerprint density at radius 2 is 2.21 bits per heavy atom. The molecule has 1 rings (SSSR count). The van der Waals surface area contributed by atoms with Gasteiger partial charge in [0.15, 0.2) is 0 Å². The molecule has 0 aliphatic heterocycles. The van der Waals surface area contributed by atoms with E-state index in [1.807, 2.05) is 13.1 Å². The lowest BCUT2D eigenvalue weighted by Crippen LogP contribution is -2.17. The van der Waals surface area contributed by atoms with Crippen molar-refractivity contribution in [3.63, 3.8) is 0 Å². The average molecular weight is 232 g/mol. The van der Waals surface area contributed by atoms with Crippen molar-refractivity contribution in [1.29, 1.82) is 0 Å². The van der Waals surface area contributed by atoms with Crippen LogP contribution in [0.1, 0.15) is 37.6 Å². The van der Waals surface area contributed by atoms with E-state index in [1.165, 1.54) is 17.7 Å². The Hall–Kier alpha value is -0.0500. The highest BCUT2D eigenvalue weighted by Gasteiger charge is 2.14. The molecule has 0 spiro atoms. The number of rotatable bonds is 5. The van der Waals surface area contributed by atoms with Crippen molar-refractivity contribution >= 4 is 22.9 Å². The van der Waals surface area contributed by atoms with Gasteiger partial charge in [0.25, 0.3) is 0 Å². The van der Waals surface area contributed by atoms with Gasteiger partial charge < -0.3 is 5.32 Å². The molecule has 1 N–H and O–H groups in total. The largest absolute Gasteiger partial charge is 0.312 e. The Morgan fingerprint density at radius 3 is 2.64 bits per heavy atom. The van der Waals surface area contributed by atoms with Crippen LogP contribution in [0.2, 0.25) is 4.34 Å². The van der Waals surface area contributed by atoms with Gasteiger partial charge in [-0.05, 0) is 31.5 Å². The lowest BCUT2D eigenvalue weighted by Gasteiger charge is -2.18. The van der Waals surface area contributed by atoms with Crippen LogP contribution in [0.4, 0.5) is 0 Å². The molecule has 0 fully saturated rings. The van der Waals surface area contributed by atoms with Crippen molar-refractivity contribution in [2.24, 2.45) is 5.92 Å². The van der Waals surface area contributed by atoms with Gasteiger partial charge in [0.05, 0.1) is 4.34 Å². The molecule has 0 aromatic carbocycles. The zero-order chi connectivity index (χ0) is 10.6. The van der Waals surface area contributed by atoms with E-state index in [0.29, 0.717) is 6.04 Å². The van der Waals surface area contributed by atoms with E-state index < -0.39 is 0 Å². The summed E-state index contributed by atoms with van der Waals surface area (Å²) in [6, 6.07) is 4.56. The van der Waals surface area contributed by atoms with Crippen LogP contribution in [-0.4, -0.2) is 7.05 Å². The minimum absolute atomic E-state index is 0.461. The van der Waals surface area contributed by atoms with Crippen LogP contribution in [-0.2, 0) is 0 Å². The first-order chi connectivity index (χ1) is 6.67. The summed E-state index contributed by atoms with van der Waals surface area (Å²) in [6.07, 6.45) is 2.42. The van der Waals surface area contributed by atoms with E-state index in [-0.39, 0.29) is 0 Å². The van der Waals surface area contributed by atoms with Crippen LogP contribution in [0.25, 0.3) is 0 Å². The predicted octanol–water partition coefficient (Wildman–Crippen LogP) is 4.10. The van der Waals surface area contributed by atoms with Gasteiger partial charge in [-0.2, -0.15) is 0 Å². The molecule has 0 saturated carbocycles. The summed E-state index contributed by atoms with van der Waals surface area (Å²) < 4.78 is 0.879. The van der Waals surface area contributed by atoms with Crippen LogP contribution < -0.4 is 5.32 Å². The molecule has 0 saturated heterocycles. The highest BCUT2D eigenvalue weighted by molar-refractivity contribution is 7.16. The Morgan fingerprint density at radius 1 is 1.50 bits per heavy atom. The molecule has 1 aromatic rings. The van der Waals surface area contributed by atoms with Crippen molar-refractivity contribution in [2.75, 3.05) is 7.05 Å². The fraction of sp³-hybridized carbons (Fsp3) is 0.636. The minimum atomic E-state index is 0.461. The van der Waals surface area contributed by atoms with E-state index in [2.05, 4.69) is 25.2 Å². The Balaban J connectivity index is 2.62. The molecule has 2 unspecified atom stereocenters. The summed E-state index contributed by atoms with van der Waals surface area (Å²) >= 11 is 7.60. The molecule has 3 heteroatoms. The van der Waals surface area contributed by atoms with Gasteiger partial charge in [-0.25, -0.2) is 0 Å². The number of thiophene rings is 1. The van der Waals surface area contributed by atoms with Crippen LogP contribution in [0, 0.1) is 5.92 Å². The zero-order valence-corrected chi connectivity index (χ0v) is 10.6. The van der Waals surface area contributed by atoms with E-state index >= 15 is 0 Å². The topological polar surface area (TPSA) is 12.0 Å². The molecule has 80 valence electrons. The van der Waals surface area contributed by atoms with Crippen LogP contribution in [0.3, 0.4) is 0 Å². The van der Waals surface area contributed by atoms with E-state index in [0.717, 1.165) is 10.3 Å². The third-order valence-electron chi connectivity index (χ3n) is 2.62. The number of hydrogen-bond acceptors (Lipinski definition) is 2. The molecule has 0 aliphatic carbocycles. The standard InChI is InChI=1S/C11H18ClNS/c1-4-8(2)7-9(13-3)10-5-6-11(12)14-10/h5-6,8-9,13H,4,7H2,1-3H3. The Labute approximate surface area is 95.5 Å². The first-order valence-corrected chi connectivity index (χ1v) is 6.29. The summed E-state index contributed by atoms with van der Waals surface area (Å²) in [6.45, 7) is 4.53. The summed E-state index contributed by atoms with van der Waals surface area (Å²) in [5.41, 5.74) is 0. The molecule has 0 radical (unpaired) electrons. The highest BCUT2D eigenvalue weighted by atomic mass is 35.5. The van der Waals surface area contributed by atoms with E-state index in [4.69, 9.17) is 11.6 Å². The van der Waals surface area contributed by atoms with Gasteiger partial charge in [0, 0.05) is 10.9 Å². The number of halogens is 1. The molecular formula is C11H18ClNS. The van der Waals surface area contributed by atoms with E-state index in [9.17, 15) is 0 Å². The van der Waals surface area contributed by atoms with Gasteiger partial charge in [0.1, 0.15) is 0 Å². The highest BCUT2D eigenvalue weighted by Crippen LogP contribution is 2.30. The Bertz CT molecular complexity index is 272. The van der Waals surface area contributed by atoms with Gasteiger partial charge in [-0.3, -0.25) is 0 Å². The summed E-state index contributed by atoms with van der Waals surface area (Å²) in [7, 11) is 2.01. The normalized spacial score (nSPS) is 15.4. The van der Waals surface area contributed by atoms with Gasteiger partial charge >= 0.3 is 0 Å². The minimum Gasteiger partial charge on any atom is -0.312 e. The van der Waals surface area contributed by atoms with Crippen LogP contribution in [0.15, 0.2) is 12.1 Å². The third-order valence-corrected chi connectivity index (χ3v) is 3.97. The SMILES string of the molecule is CCC(C)CC(NC)c1ccc(Cl)s1. The van der Waals surface area contributed by atoms with Crippen molar-refractivity contribution in [2.45, 2.75) is 32.7 Å². The predicted molar refractivity (Wildman–Crippen MR) is 65.2 cm³/mol. The van der Waals surface area contributed by atoms with Crippen LogP contribution >= 0.6 is 22.9 Å². The van der Waals surface area contributed by atoms with Crippen LogP contribution in [0.5, 0.6) is 0 Å². The molecule has 0 amide bonds. The Kier molecular flexibility index (Phi) is 4.93. The molecule has 1 aromatic heterocycles. The zero-order valence-electron chi connectivity index (χ0n) is 9.01. The monoisotopic (exact) mass is 231 g/mol. The van der Waals surface area contributed by atoms with Crippen molar-refractivity contribution in [1.82, 2.24) is 5.32 Å².